The predicted octanol–water partition coefficient (Wildman–Crippen LogP) is 0.939. The van der Waals surface area contributed by atoms with Gasteiger partial charge in [0.15, 0.2) is 0 Å². The number of nitrogens with one attached hydrogen (secondary N) is 1. The van der Waals surface area contributed by atoms with Crippen molar-refractivity contribution in [3.8, 4) is 0 Å². The minimum Gasteiger partial charge on any atom is -0.468 e. The summed E-state index contributed by atoms with van der Waals surface area (Å²) in [5.41, 5.74) is 5.90. The number of esters is 1. The number of hydrogen-bond donors (Lipinski definition) is 2. The topological polar surface area (TPSA) is 98.5 Å². The quantitative estimate of drug-likeness (QED) is 0.718. The number of rotatable bonds is 6. The van der Waals surface area contributed by atoms with E-state index in [0.717, 1.165) is 11.8 Å². The van der Waals surface area contributed by atoms with E-state index in [-0.39, 0.29) is 11.5 Å². The average Bonchev–Trinajstić information content (AvgIpc) is 2.46. The molecular formula is C13H15BrN2O4S. The van der Waals surface area contributed by atoms with Crippen LogP contribution in [0.2, 0.25) is 0 Å². The molecule has 0 heterocycles. The second-order valence-corrected chi connectivity index (χ2v) is 5.89. The number of hydrogen-bond acceptors (Lipinski definition) is 6. The van der Waals surface area contributed by atoms with Crippen molar-refractivity contribution in [2.75, 3.05) is 18.6 Å². The molecule has 0 spiro atoms. The SMILES string of the molecule is COC(=O)C(N)CSCC(=O)NC(=O)c1ccccc1Br. The minimum absolute atomic E-state index is 0.0287. The maximum absolute atomic E-state index is 11.9. The van der Waals surface area contributed by atoms with E-state index in [4.69, 9.17) is 5.73 Å². The Labute approximate surface area is 134 Å². The van der Waals surface area contributed by atoms with Crippen molar-refractivity contribution in [3.63, 3.8) is 0 Å². The fourth-order valence-corrected chi connectivity index (χ4v) is 2.60. The van der Waals surface area contributed by atoms with E-state index in [0.29, 0.717) is 10.0 Å². The normalized spacial score (nSPS) is 11.6. The zero-order valence-electron chi connectivity index (χ0n) is 11.3. The third-order valence-corrected chi connectivity index (χ3v) is 4.16. The molecule has 1 atom stereocenters. The van der Waals surface area contributed by atoms with Crippen molar-refractivity contribution < 1.29 is 19.1 Å². The number of amides is 2. The smallest absolute Gasteiger partial charge is 0.323 e. The van der Waals surface area contributed by atoms with Gasteiger partial charge in [-0.1, -0.05) is 12.1 Å². The van der Waals surface area contributed by atoms with Gasteiger partial charge in [-0.25, -0.2) is 0 Å². The summed E-state index contributed by atoms with van der Waals surface area (Å²) in [6.07, 6.45) is 0. The Bertz CT molecular complexity index is 539. The van der Waals surface area contributed by atoms with Crippen LogP contribution in [0.3, 0.4) is 0 Å². The molecule has 1 aromatic carbocycles. The Kier molecular flexibility index (Phi) is 7.41. The molecule has 0 saturated carbocycles. The molecule has 0 aromatic heterocycles. The monoisotopic (exact) mass is 374 g/mol. The summed E-state index contributed by atoms with van der Waals surface area (Å²) < 4.78 is 5.08. The molecule has 0 aliphatic rings. The number of ether oxygens (including phenoxy) is 1. The Balaban J connectivity index is 2.39. The van der Waals surface area contributed by atoms with Gasteiger partial charge in [0, 0.05) is 10.2 Å². The molecule has 2 amide bonds. The van der Waals surface area contributed by atoms with Gasteiger partial charge in [0.1, 0.15) is 6.04 Å². The largest absolute Gasteiger partial charge is 0.468 e. The fraction of sp³-hybridized carbons (Fsp3) is 0.308. The summed E-state index contributed by atoms with van der Waals surface area (Å²) in [5, 5.41) is 2.27. The van der Waals surface area contributed by atoms with Gasteiger partial charge in [-0.2, -0.15) is 0 Å². The highest BCUT2D eigenvalue weighted by Gasteiger charge is 2.16. The summed E-state index contributed by atoms with van der Waals surface area (Å²) in [7, 11) is 1.25. The van der Waals surface area contributed by atoms with Gasteiger partial charge < -0.3 is 10.5 Å². The zero-order valence-corrected chi connectivity index (χ0v) is 13.7. The van der Waals surface area contributed by atoms with E-state index in [1.54, 1.807) is 24.3 Å². The van der Waals surface area contributed by atoms with Crippen LogP contribution < -0.4 is 11.1 Å². The summed E-state index contributed by atoms with van der Waals surface area (Å²) in [6, 6.07) is 6.00. The summed E-state index contributed by atoms with van der Waals surface area (Å²) in [5.74, 6) is -1.19. The number of imide groups is 1. The first-order valence-corrected chi connectivity index (χ1v) is 7.90. The summed E-state index contributed by atoms with van der Waals surface area (Å²) >= 11 is 4.39. The third kappa shape index (κ3) is 5.86. The minimum atomic E-state index is -0.785. The molecular weight excluding hydrogens is 360 g/mol. The lowest BCUT2D eigenvalue weighted by atomic mass is 10.2. The van der Waals surface area contributed by atoms with Gasteiger partial charge in [-0.05, 0) is 28.1 Å². The molecule has 0 saturated heterocycles. The molecule has 1 unspecified atom stereocenters. The first kappa shape index (κ1) is 17.7. The molecule has 0 aliphatic carbocycles. The highest BCUT2D eigenvalue weighted by atomic mass is 79.9. The molecule has 0 radical (unpaired) electrons. The van der Waals surface area contributed by atoms with Crippen LogP contribution in [0.1, 0.15) is 10.4 Å². The molecule has 0 aliphatic heterocycles. The van der Waals surface area contributed by atoms with Crippen LogP contribution in [0.4, 0.5) is 0 Å². The van der Waals surface area contributed by atoms with Crippen LogP contribution in [0.25, 0.3) is 0 Å². The van der Waals surface area contributed by atoms with E-state index in [9.17, 15) is 14.4 Å². The third-order valence-electron chi connectivity index (χ3n) is 2.41. The first-order valence-electron chi connectivity index (χ1n) is 5.95. The highest BCUT2D eigenvalue weighted by Crippen LogP contribution is 2.15. The molecule has 114 valence electrons. The van der Waals surface area contributed by atoms with Gasteiger partial charge in [-0.3, -0.25) is 19.7 Å². The molecule has 0 fully saturated rings. The second-order valence-electron chi connectivity index (χ2n) is 4.00. The molecule has 3 N–H and O–H groups in total. The van der Waals surface area contributed by atoms with Crippen LogP contribution in [-0.2, 0) is 14.3 Å². The Morgan fingerprint density at radius 3 is 2.67 bits per heavy atom. The van der Waals surface area contributed by atoms with E-state index in [1.165, 1.54) is 7.11 Å². The first-order chi connectivity index (χ1) is 9.95. The van der Waals surface area contributed by atoms with Crippen molar-refractivity contribution in [1.82, 2.24) is 5.32 Å². The Morgan fingerprint density at radius 1 is 1.38 bits per heavy atom. The standard InChI is InChI=1S/C13H15BrN2O4S/c1-20-13(19)10(15)6-21-7-11(17)16-12(18)8-4-2-3-5-9(8)14/h2-5,10H,6-7,15H2,1H3,(H,16,17,18). The van der Waals surface area contributed by atoms with Gasteiger partial charge in [0.25, 0.3) is 5.91 Å². The zero-order chi connectivity index (χ0) is 15.8. The van der Waals surface area contributed by atoms with Gasteiger partial charge in [0.05, 0.1) is 18.4 Å². The summed E-state index contributed by atoms with van der Waals surface area (Å²) in [4.78, 5) is 34.6. The highest BCUT2D eigenvalue weighted by molar-refractivity contribution is 9.10. The number of nitrogens with two attached hydrogens (primary N) is 1. The lowest BCUT2D eigenvalue weighted by Crippen LogP contribution is -2.35. The number of carbonyl (C=O) groups excluding carboxylic acids is 3. The lowest BCUT2D eigenvalue weighted by molar-refractivity contribution is -0.141. The van der Waals surface area contributed by atoms with E-state index in [2.05, 4.69) is 26.0 Å². The molecule has 21 heavy (non-hydrogen) atoms. The Morgan fingerprint density at radius 2 is 2.05 bits per heavy atom. The van der Waals surface area contributed by atoms with Crippen molar-refractivity contribution in [3.05, 3.63) is 34.3 Å². The maximum atomic E-state index is 11.9. The van der Waals surface area contributed by atoms with E-state index in [1.807, 2.05) is 0 Å². The van der Waals surface area contributed by atoms with E-state index < -0.39 is 23.8 Å². The number of methoxy groups -OCH3 is 1. The van der Waals surface area contributed by atoms with Crippen LogP contribution in [0, 0.1) is 0 Å². The van der Waals surface area contributed by atoms with Gasteiger partial charge in [0.2, 0.25) is 5.91 Å². The van der Waals surface area contributed by atoms with Crippen LogP contribution in [0.15, 0.2) is 28.7 Å². The maximum Gasteiger partial charge on any atom is 0.323 e. The van der Waals surface area contributed by atoms with Crippen LogP contribution in [0.5, 0.6) is 0 Å². The number of carbonyl (C=O) groups is 3. The van der Waals surface area contributed by atoms with Gasteiger partial charge in [-0.15, -0.1) is 11.8 Å². The number of thioether (sulfide) groups is 1. The molecule has 1 aromatic rings. The molecule has 0 bridgehead atoms. The van der Waals surface area contributed by atoms with Crippen molar-refractivity contribution >= 4 is 45.5 Å². The fourth-order valence-electron chi connectivity index (χ4n) is 1.37. The van der Waals surface area contributed by atoms with Crippen molar-refractivity contribution in [2.45, 2.75) is 6.04 Å². The van der Waals surface area contributed by atoms with Crippen molar-refractivity contribution in [2.24, 2.45) is 5.73 Å². The van der Waals surface area contributed by atoms with E-state index >= 15 is 0 Å². The number of halogens is 1. The predicted molar refractivity (Wildman–Crippen MR) is 83.9 cm³/mol. The average molecular weight is 375 g/mol. The Hall–Kier alpha value is -1.38. The molecule has 1 rings (SSSR count). The molecule has 6 nitrogen and oxygen atoms in total. The second kappa shape index (κ2) is 8.81. The van der Waals surface area contributed by atoms with Crippen molar-refractivity contribution in [1.29, 1.82) is 0 Å². The van der Waals surface area contributed by atoms with Gasteiger partial charge >= 0.3 is 5.97 Å². The van der Waals surface area contributed by atoms with Crippen LogP contribution >= 0.6 is 27.7 Å². The molecule has 8 heteroatoms. The lowest BCUT2D eigenvalue weighted by Gasteiger charge is -2.09. The number of benzene rings is 1. The van der Waals surface area contributed by atoms with Crippen LogP contribution in [-0.4, -0.2) is 42.4 Å². The summed E-state index contributed by atoms with van der Waals surface area (Å²) in [6.45, 7) is 0.